The van der Waals surface area contributed by atoms with Gasteiger partial charge in [0.2, 0.25) is 0 Å². The van der Waals surface area contributed by atoms with Gasteiger partial charge in [-0.1, -0.05) is 29.8 Å². The molecule has 0 bridgehead atoms. The molecule has 0 saturated heterocycles. The van der Waals surface area contributed by atoms with Gasteiger partial charge in [0.15, 0.2) is 0 Å². The second-order valence-corrected chi connectivity index (χ2v) is 3.92. The molecule has 3 nitrogen and oxygen atoms in total. The minimum absolute atomic E-state index is 0.153. The number of ether oxygens (including phenoxy) is 1. The third kappa shape index (κ3) is 3.63. The molecule has 0 saturated carbocycles. The third-order valence-corrected chi connectivity index (χ3v) is 2.62. The number of nitrogens with two attached hydrogens (primary N) is 1. The van der Waals surface area contributed by atoms with Crippen LogP contribution in [0.1, 0.15) is 30.5 Å². The molecule has 84 valence electrons. The largest absolute Gasteiger partial charge is 0.382 e. The van der Waals surface area contributed by atoms with Crippen LogP contribution in [0.5, 0.6) is 0 Å². The number of hydrazine groups is 1. The van der Waals surface area contributed by atoms with Crippen molar-refractivity contribution in [2.24, 2.45) is 5.84 Å². The van der Waals surface area contributed by atoms with Gasteiger partial charge < -0.3 is 4.74 Å². The van der Waals surface area contributed by atoms with E-state index in [9.17, 15) is 0 Å². The SMILES string of the molecule is COC(C)CC(NN)c1cccc(C)c1. The summed E-state index contributed by atoms with van der Waals surface area (Å²) >= 11 is 0. The van der Waals surface area contributed by atoms with Crippen LogP contribution >= 0.6 is 0 Å². The van der Waals surface area contributed by atoms with Gasteiger partial charge in [-0.25, -0.2) is 0 Å². The molecule has 0 amide bonds. The second-order valence-electron chi connectivity index (χ2n) is 3.92. The van der Waals surface area contributed by atoms with E-state index >= 15 is 0 Å². The third-order valence-electron chi connectivity index (χ3n) is 2.62. The molecule has 1 aromatic rings. The number of methoxy groups -OCH3 is 1. The summed E-state index contributed by atoms with van der Waals surface area (Å²) in [5.74, 6) is 5.55. The van der Waals surface area contributed by atoms with Crippen LogP contribution in [0.4, 0.5) is 0 Å². The van der Waals surface area contributed by atoms with E-state index in [-0.39, 0.29) is 12.1 Å². The Bertz CT molecular complexity index is 301. The van der Waals surface area contributed by atoms with Crippen LogP contribution in [0.2, 0.25) is 0 Å². The molecule has 0 spiro atoms. The first-order valence-electron chi connectivity index (χ1n) is 5.23. The first-order valence-corrected chi connectivity index (χ1v) is 5.23. The van der Waals surface area contributed by atoms with Gasteiger partial charge in [-0.3, -0.25) is 11.3 Å². The van der Waals surface area contributed by atoms with E-state index in [0.717, 1.165) is 6.42 Å². The maximum atomic E-state index is 5.55. The van der Waals surface area contributed by atoms with Gasteiger partial charge in [-0.15, -0.1) is 0 Å². The molecule has 0 aliphatic carbocycles. The van der Waals surface area contributed by atoms with Crippen molar-refractivity contribution in [1.29, 1.82) is 0 Å². The van der Waals surface area contributed by atoms with Crippen molar-refractivity contribution in [3.8, 4) is 0 Å². The summed E-state index contributed by atoms with van der Waals surface area (Å²) in [6.45, 7) is 4.12. The van der Waals surface area contributed by atoms with Crippen molar-refractivity contribution in [3.63, 3.8) is 0 Å². The van der Waals surface area contributed by atoms with E-state index in [2.05, 4.69) is 30.5 Å². The van der Waals surface area contributed by atoms with Crippen LogP contribution in [-0.2, 0) is 4.74 Å². The van der Waals surface area contributed by atoms with Gasteiger partial charge >= 0.3 is 0 Å². The average molecular weight is 208 g/mol. The molecule has 0 aliphatic rings. The fraction of sp³-hybridized carbons (Fsp3) is 0.500. The van der Waals surface area contributed by atoms with E-state index in [1.165, 1.54) is 11.1 Å². The number of benzene rings is 1. The number of hydrogen-bond donors (Lipinski definition) is 2. The molecule has 1 rings (SSSR count). The normalized spacial score (nSPS) is 14.9. The summed E-state index contributed by atoms with van der Waals surface area (Å²) in [6, 6.07) is 8.51. The summed E-state index contributed by atoms with van der Waals surface area (Å²) in [6.07, 6.45) is 1.07. The lowest BCUT2D eigenvalue weighted by atomic mass is 10.00. The number of hydrogen-bond acceptors (Lipinski definition) is 3. The summed E-state index contributed by atoms with van der Waals surface area (Å²) in [4.78, 5) is 0. The van der Waals surface area contributed by atoms with Crippen LogP contribution in [-0.4, -0.2) is 13.2 Å². The highest BCUT2D eigenvalue weighted by atomic mass is 16.5. The lowest BCUT2D eigenvalue weighted by Gasteiger charge is -2.20. The van der Waals surface area contributed by atoms with Crippen molar-refractivity contribution >= 4 is 0 Å². The molecule has 0 aliphatic heterocycles. The van der Waals surface area contributed by atoms with Crippen molar-refractivity contribution in [2.75, 3.05) is 7.11 Å². The average Bonchev–Trinajstić information content (AvgIpc) is 2.25. The quantitative estimate of drug-likeness (QED) is 0.574. The molecule has 0 radical (unpaired) electrons. The van der Waals surface area contributed by atoms with Gasteiger partial charge in [-0.2, -0.15) is 0 Å². The minimum atomic E-state index is 0.153. The molecule has 3 N–H and O–H groups in total. The van der Waals surface area contributed by atoms with E-state index < -0.39 is 0 Å². The molecule has 0 heterocycles. The Hall–Kier alpha value is -0.900. The number of aryl methyl sites for hydroxylation is 1. The smallest absolute Gasteiger partial charge is 0.0561 e. The number of rotatable bonds is 5. The van der Waals surface area contributed by atoms with Crippen molar-refractivity contribution in [2.45, 2.75) is 32.4 Å². The van der Waals surface area contributed by atoms with Gasteiger partial charge in [-0.05, 0) is 25.8 Å². The second kappa shape index (κ2) is 5.85. The van der Waals surface area contributed by atoms with Gasteiger partial charge in [0.25, 0.3) is 0 Å². The van der Waals surface area contributed by atoms with Crippen molar-refractivity contribution in [3.05, 3.63) is 35.4 Å². The van der Waals surface area contributed by atoms with Gasteiger partial charge in [0.1, 0.15) is 0 Å². The Labute approximate surface area is 91.6 Å². The van der Waals surface area contributed by atoms with E-state index in [4.69, 9.17) is 10.6 Å². The zero-order valence-electron chi connectivity index (χ0n) is 9.66. The molecule has 2 atom stereocenters. The maximum Gasteiger partial charge on any atom is 0.0561 e. The Balaban J connectivity index is 2.73. The van der Waals surface area contributed by atoms with Crippen molar-refractivity contribution in [1.82, 2.24) is 5.43 Å². The Morgan fingerprint density at radius 3 is 2.73 bits per heavy atom. The maximum absolute atomic E-state index is 5.55. The summed E-state index contributed by atoms with van der Waals surface area (Å²) in [5.41, 5.74) is 5.29. The first kappa shape index (κ1) is 12.2. The fourth-order valence-electron chi connectivity index (χ4n) is 1.62. The van der Waals surface area contributed by atoms with Crippen molar-refractivity contribution < 1.29 is 4.74 Å². The minimum Gasteiger partial charge on any atom is -0.382 e. The topological polar surface area (TPSA) is 47.3 Å². The monoisotopic (exact) mass is 208 g/mol. The van der Waals surface area contributed by atoms with Crippen LogP contribution in [0.25, 0.3) is 0 Å². The lowest BCUT2D eigenvalue weighted by molar-refractivity contribution is 0.100. The predicted octanol–water partition coefficient (Wildman–Crippen LogP) is 1.92. The molecule has 2 unspecified atom stereocenters. The van der Waals surface area contributed by atoms with Crippen LogP contribution in [0, 0.1) is 6.92 Å². The molecule has 0 aromatic heterocycles. The van der Waals surface area contributed by atoms with Crippen LogP contribution < -0.4 is 11.3 Å². The summed E-state index contributed by atoms with van der Waals surface area (Å²) in [5, 5.41) is 0. The fourth-order valence-corrected chi connectivity index (χ4v) is 1.62. The first-order chi connectivity index (χ1) is 7.17. The summed E-state index contributed by atoms with van der Waals surface area (Å²) < 4.78 is 5.24. The molecule has 0 fully saturated rings. The van der Waals surface area contributed by atoms with E-state index in [0.29, 0.717) is 0 Å². The van der Waals surface area contributed by atoms with Gasteiger partial charge in [0.05, 0.1) is 6.10 Å². The Morgan fingerprint density at radius 2 is 2.20 bits per heavy atom. The van der Waals surface area contributed by atoms with E-state index in [1.54, 1.807) is 7.11 Å². The van der Waals surface area contributed by atoms with Gasteiger partial charge in [0, 0.05) is 13.2 Å². The number of nitrogens with one attached hydrogen (secondary N) is 1. The van der Waals surface area contributed by atoms with Crippen LogP contribution in [0.3, 0.4) is 0 Å². The molecular weight excluding hydrogens is 188 g/mol. The molecule has 15 heavy (non-hydrogen) atoms. The molecular formula is C12H20N2O. The highest BCUT2D eigenvalue weighted by Gasteiger charge is 2.13. The highest BCUT2D eigenvalue weighted by molar-refractivity contribution is 5.25. The lowest BCUT2D eigenvalue weighted by Crippen LogP contribution is -2.30. The summed E-state index contributed by atoms with van der Waals surface area (Å²) in [7, 11) is 1.72. The predicted molar refractivity (Wildman–Crippen MR) is 62.3 cm³/mol. The highest BCUT2D eigenvalue weighted by Crippen LogP contribution is 2.19. The standard InChI is InChI=1S/C12H20N2O/c1-9-5-4-6-11(7-9)12(14-13)8-10(2)15-3/h4-7,10,12,14H,8,13H2,1-3H3. The molecule has 3 heteroatoms. The van der Waals surface area contributed by atoms with Crippen LogP contribution in [0.15, 0.2) is 24.3 Å². The molecule has 1 aromatic carbocycles. The Morgan fingerprint density at radius 1 is 1.47 bits per heavy atom. The zero-order valence-corrected chi connectivity index (χ0v) is 9.66. The Kier molecular flexibility index (Phi) is 4.75. The van der Waals surface area contributed by atoms with E-state index in [1.807, 2.05) is 13.0 Å². The zero-order chi connectivity index (χ0) is 11.3.